The summed E-state index contributed by atoms with van der Waals surface area (Å²) in [4.78, 5) is 13.9. The maximum Gasteiger partial charge on any atom is 0.240 e. The topological polar surface area (TPSA) is 44.4 Å². The minimum absolute atomic E-state index is 0. The molecule has 0 radical (unpaired) electrons. The molecule has 88 valence electrons. The van der Waals surface area contributed by atoms with Crippen LogP contribution in [0.15, 0.2) is 0 Å². The van der Waals surface area contributed by atoms with Gasteiger partial charge in [-0.15, -0.1) is 24.2 Å². The van der Waals surface area contributed by atoms with Crippen LogP contribution in [0, 0.1) is 0 Å². The van der Waals surface area contributed by atoms with Crippen molar-refractivity contribution in [3.63, 3.8) is 0 Å². The van der Waals surface area contributed by atoms with Crippen molar-refractivity contribution in [1.82, 2.24) is 15.5 Å². The van der Waals surface area contributed by atoms with Crippen LogP contribution < -0.4 is 10.6 Å². The van der Waals surface area contributed by atoms with Crippen LogP contribution in [0.25, 0.3) is 0 Å². The van der Waals surface area contributed by atoms with Crippen molar-refractivity contribution in [1.29, 1.82) is 0 Å². The van der Waals surface area contributed by atoms with Gasteiger partial charge in [0, 0.05) is 37.3 Å². The van der Waals surface area contributed by atoms with Crippen molar-refractivity contribution in [2.75, 3.05) is 31.3 Å². The van der Waals surface area contributed by atoms with Crippen molar-refractivity contribution in [2.45, 2.75) is 19.0 Å². The van der Waals surface area contributed by atoms with Gasteiger partial charge in [-0.2, -0.15) is 0 Å². The zero-order valence-electron chi connectivity index (χ0n) is 8.86. The molecule has 0 aromatic carbocycles. The van der Waals surface area contributed by atoms with E-state index in [0.29, 0.717) is 6.04 Å². The summed E-state index contributed by atoms with van der Waals surface area (Å²) >= 11 is 1.80. The van der Waals surface area contributed by atoms with Crippen molar-refractivity contribution >= 4 is 30.1 Å². The largest absolute Gasteiger partial charge is 0.338 e. The first-order valence-corrected chi connectivity index (χ1v) is 6.26. The Balaban J connectivity index is 0.00000112. The quantitative estimate of drug-likeness (QED) is 0.683. The number of rotatable bonds is 1. The third-order valence-electron chi connectivity index (χ3n) is 2.69. The van der Waals surface area contributed by atoms with E-state index in [9.17, 15) is 4.79 Å². The fraction of sp³-hybridized carbons (Fsp3) is 0.889. The Morgan fingerprint density at radius 2 is 2.27 bits per heavy atom. The fourth-order valence-electron chi connectivity index (χ4n) is 1.91. The molecule has 2 aliphatic heterocycles. The van der Waals surface area contributed by atoms with Crippen LogP contribution >= 0.6 is 24.2 Å². The minimum Gasteiger partial charge on any atom is -0.338 e. The molecule has 0 aromatic rings. The van der Waals surface area contributed by atoms with Crippen LogP contribution in [0.4, 0.5) is 0 Å². The van der Waals surface area contributed by atoms with Gasteiger partial charge >= 0.3 is 0 Å². The van der Waals surface area contributed by atoms with E-state index >= 15 is 0 Å². The molecule has 1 unspecified atom stereocenters. The average Bonchev–Trinajstić information content (AvgIpc) is 2.69. The van der Waals surface area contributed by atoms with E-state index in [0.717, 1.165) is 31.3 Å². The molecule has 2 heterocycles. The van der Waals surface area contributed by atoms with Crippen molar-refractivity contribution in [3.8, 4) is 0 Å². The van der Waals surface area contributed by atoms with Gasteiger partial charge in [-0.3, -0.25) is 10.1 Å². The van der Waals surface area contributed by atoms with Gasteiger partial charge in [0.25, 0.3) is 0 Å². The summed E-state index contributed by atoms with van der Waals surface area (Å²) in [5.41, 5.74) is 0. The first kappa shape index (κ1) is 13.1. The van der Waals surface area contributed by atoms with E-state index in [1.807, 2.05) is 4.90 Å². The molecular formula is C9H18ClN3OS. The van der Waals surface area contributed by atoms with E-state index in [-0.39, 0.29) is 24.4 Å². The summed E-state index contributed by atoms with van der Waals surface area (Å²) in [5, 5.41) is 6.56. The molecule has 2 fully saturated rings. The van der Waals surface area contributed by atoms with Crippen molar-refractivity contribution in [3.05, 3.63) is 0 Å². The van der Waals surface area contributed by atoms with E-state index < -0.39 is 0 Å². The highest BCUT2D eigenvalue weighted by Gasteiger charge is 2.29. The second kappa shape index (κ2) is 5.94. The third-order valence-corrected chi connectivity index (χ3v) is 3.63. The van der Waals surface area contributed by atoms with Crippen LogP contribution in [-0.4, -0.2) is 54.2 Å². The summed E-state index contributed by atoms with van der Waals surface area (Å²) in [7, 11) is 0. The predicted octanol–water partition coefficient (Wildman–Crippen LogP) is -0.109. The number of amides is 1. The lowest BCUT2D eigenvalue weighted by Crippen LogP contribution is -2.55. The molecule has 0 saturated carbocycles. The molecule has 0 spiro atoms. The number of nitrogens with zero attached hydrogens (tertiary/aromatic N) is 1. The van der Waals surface area contributed by atoms with Crippen LogP contribution in [0.5, 0.6) is 0 Å². The molecule has 2 rings (SSSR count). The Morgan fingerprint density at radius 3 is 2.87 bits per heavy atom. The molecular weight excluding hydrogens is 234 g/mol. The van der Waals surface area contributed by atoms with Crippen LogP contribution in [0.3, 0.4) is 0 Å². The molecule has 1 amide bonds. The Labute approximate surface area is 101 Å². The SMILES string of the molecule is C[C@@H]1CN(C(=O)C2CSCN2)CCN1.Cl. The predicted molar refractivity (Wildman–Crippen MR) is 65.5 cm³/mol. The summed E-state index contributed by atoms with van der Waals surface area (Å²) in [6.45, 7) is 4.75. The zero-order valence-corrected chi connectivity index (χ0v) is 10.5. The highest BCUT2D eigenvalue weighted by Crippen LogP contribution is 2.12. The second-order valence-corrected chi connectivity index (χ2v) is 4.94. The number of piperazine rings is 1. The maximum atomic E-state index is 12.0. The fourth-order valence-corrected chi connectivity index (χ4v) is 2.84. The zero-order chi connectivity index (χ0) is 9.97. The highest BCUT2D eigenvalue weighted by molar-refractivity contribution is 7.99. The van der Waals surface area contributed by atoms with Gasteiger partial charge in [0.2, 0.25) is 5.91 Å². The molecule has 2 saturated heterocycles. The molecule has 0 bridgehead atoms. The van der Waals surface area contributed by atoms with Crippen LogP contribution in [0.2, 0.25) is 0 Å². The number of carbonyl (C=O) groups is 1. The number of nitrogens with one attached hydrogen (secondary N) is 2. The third kappa shape index (κ3) is 3.24. The van der Waals surface area contributed by atoms with Crippen molar-refractivity contribution < 1.29 is 4.79 Å². The summed E-state index contributed by atoms with van der Waals surface area (Å²) in [5.74, 6) is 2.12. The molecule has 2 aliphatic rings. The smallest absolute Gasteiger partial charge is 0.240 e. The van der Waals surface area contributed by atoms with Crippen molar-refractivity contribution in [2.24, 2.45) is 0 Å². The number of thioether (sulfide) groups is 1. The van der Waals surface area contributed by atoms with E-state index in [1.165, 1.54) is 0 Å². The van der Waals surface area contributed by atoms with Gasteiger partial charge in [0.1, 0.15) is 0 Å². The molecule has 6 heteroatoms. The number of hydrogen-bond donors (Lipinski definition) is 2. The minimum atomic E-state index is 0. The molecule has 2 N–H and O–H groups in total. The molecule has 4 nitrogen and oxygen atoms in total. The Bertz CT molecular complexity index is 223. The first-order valence-electron chi connectivity index (χ1n) is 5.10. The lowest BCUT2D eigenvalue weighted by Gasteiger charge is -2.33. The van der Waals surface area contributed by atoms with Crippen LogP contribution in [0.1, 0.15) is 6.92 Å². The van der Waals surface area contributed by atoms with E-state index in [1.54, 1.807) is 11.8 Å². The first-order chi connectivity index (χ1) is 6.77. The standard InChI is InChI=1S/C9H17N3OS.ClH/c1-7-4-12(3-2-10-7)9(13)8-5-14-6-11-8;/h7-8,10-11H,2-6H2,1H3;1H/t7-,8?;/m1./s1. The average molecular weight is 252 g/mol. The van der Waals surface area contributed by atoms with Gasteiger partial charge < -0.3 is 10.2 Å². The Hall–Kier alpha value is 0.0300. The molecule has 2 atom stereocenters. The highest BCUT2D eigenvalue weighted by atomic mass is 35.5. The van der Waals surface area contributed by atoms with Crippen LogP contribution in [-0.2, 0) is 4.79 Å². The maximum absolute atomic E-state index is 12.0. The van der Waals surface area contributed by atoms with E-state index in [4.69, 9.17) is 0 Å². The summed E-state index contributed by atoms with van der Waals surface area (Å²) in [6.07, 6.45) is 0. The van der Waals surface area contributed by atoms with Gasteiger partial charge in [-0.1, -0.05) is 0 Å². The lowest BCUT2D eigenvalue weighted by atomic mass is 10.2. The number of halogens is 1. The second-order valence-electron chi connectivity index (χ2n) is 3.91. The van der Waals surface area contributed by atoms with Gasteiger partial charge in [0.15, 0.2) is 0 Å². The Kier molecular flexibility index (Phi) is 5.18. The lowest BCUT2D eigenvalue weighted by molar-refractivity contribution is -0.133. The molecule has 0 aromatic heterocycles. The summed E-state index contributed by atoms with van der Waals surface area (Å²) in [6, 6.07) is 0.493. The van der Waals surface area contributed by atoms with Gasteiger partial charge in [-0.25, -0.2) is 0 Å². The number of carbonyl (C=O) groups excluding carboxylic acids is 1. The normalized spacial score (nSPS) is 31.1. The monoisotopic (exact) mass is 251 g/mol. The molecule has 0 aliphatic carbocycles. The van der Waals surface area contributed by atoms with Gasteiger partial charge in [0.05, 0.1) is 6.04 Å². The van der Waals surface area contributed by atoms with E-state index in [2.05, 4.69) is 17.6 Å². The van der Waals surface area contributed by atoms with Gasteiger partial charge in [-0.05, 0) is 6.92 Å². The Morgan fingerprint density at radius 1 is 1.47 bits per heavy atom. The summed E-state index contributed by atoms with van der Waals surface area (Å²) < 4.78 is 0. The number of hydrogen-bond acceptors (Lipinski definition) is 4. The molecule has 15 heavy (non-hydrogen) atoms.